The highest BCUT2D eigenvalue weighted by atomic mass is 79.9. The maximum absolute atomic E-state index is 13.1. The monoisotopic (exact) mass is 317 g/mol. The van der Waals surface area contributed by atoms with E-state index in [1.807, 2.05) is 18.9 Å². The van der Waals surface area contributed by atoms with Crippen LogP contribution in [-0.2, 0) is 16.1 Å². The zero-order chi connectivity index (χ0) is 13.7. The molecule has 1 unspecified atom stereocenters. The Morgan fingerprint density at radius 3 is 2.83 bits per heavy atom. The largest absolute Gasteiger partial charge is 0.469 e. The van der Waals surface area contributed by atoms with Crippen LogP contribution in [-0.4, -0.2) is 31.6 Å². The molecule has 0 fully saturated rings. The molecular weight excluding hydrogens is 301 g/mol. The third-order valence-corrected chi connectivity index (χ3v) is 3.41. The van der Waals surface area contributed by atoms with E-state index >= 15 is 0 Å². The fourth-order valence-electron chi connectivity index (χ4n) is 1.76. The molecule has 1 aromatic rings. The number of benzene rings is 1. The van der Waals surface area contributed by atoms with Crippen molar-refractivity contribution in [1.29, 1.82) is 0 Å². The Balaban J connectivity index is 2.61. The highest BCUT2D eigenvalue weighted by Gasteiger charge is 2.16. The van der Waals surface area contributed by atoms with Gasteiger partial charge in [-0.1, -0.05) is 22.9 Å². The SMILES string of the molecule is COC(=O)C(C)CN(C)Cc1cc(F)ccc1Br. The molecular formula is C13H17BrFNO2. The standard InChI is InChI=1S/C13H17BrFNO2/c1-9(13(17)18-3)7-16(2)8-10-6-11(15)4-5-12(10)14/h4-6,9H,7-8H2,1-3H3. The number of rotatable bonds is 5. The fraction of sp³-hybridized carbons (Fsp3) is 0.462. The quantitative estimate of drug-likeness (QED) is 0.782. The van der Waals surface area contributed by atoms with Gasteiger partial charge in [0.1, 0.15) is 5.82 Å². The summed E-state index contributed by atoms with van der Waals surface area (Å²) in [5, 5.41) is 0. The average molecular weight is 318 g/mol. The molecule has 0 bridgehead atoms. The first-order valence-corrected chi connectivity index (χ1v) is 6.43. The van der Waals surface area contributed by atoms with Crippen molar-refractivity contribution in [2.75, 3.05) is 20.7 Å². The Morgan fingerprint density at radius 1 is 1.56 bits per heavy atom. The van der Waals surface area contributed by atoms with Crippen molar-refractivity contribution in [3.63, 3.8) is 0 Å². The summed E-state index contributed by atoms with van der Waals surface area (Å²) >= 11 is 3.38. The molecule has 0 aromatic heterocycles. The van der Waals surface area contributed by atoms with Gasteiger partial charge in [0.25, 0.3) is 0 Å². The maximum atomic E-state index is 13.1. The highest BCUT2D eigenvalue weighted by Crippen LogP contribution is 2.19. The summed E-state index contributed by atoms with van der Waals surface area (Å²) in [4.78, 5) is 13.3. The first-order chi connectivity index (χ1) is 8.43. The van der Waals surface area contributed by atoms with Crippen molar-refractivity contribution in [2.24, 2.45) is 5.92 Å². The number of hydrogen-bond donors (Lipinski definition) is 0. The second-order valence-corrected chi connectivity index (χ2v) is 5.21. The van der Waals surface area contributed by atoms with Crippen molar-refractivity contribution < 1.29 is 13.9 Å². The highest BCUT2D eigenvalue weighted by molar-refractivity contribution is 9.10. The minimum absolute atomic E-state index is 0.202. The van der Waals surface area contributed by atoms with Gasteiger partial charge in [0.05, 0.1) is 13.0 Å². The van der Waals surface area contributed by atoms with Gasteiger partial charge in [0.2, 0.25) is 0 Å². The van der Waals surface area contributed by atoms with Crippen molar-refractivity contribution in [3.8, 4) is 0 Å². The lowest BCUT2D eigenvalue weighted by atomic mass is 10.1. The normalized spacial score (nSPS) is 12.6. The van der Waals surface area contributed by atoms with E-state index in [4.69, 9.17) is 0 Å². The molecule has 0 N–H and O–H groups in total. The molecule has 5 heteroatoms. The molecule has 100 valence electrons. The second-order valence-electron chi connectivity index (χ2n) is 4.36. The molecule has 0 amide bonds. The smallest absolute Gasteiger partial charge is 0.309 e. The van der Waals surface area contributed by atoms with Crippen molar-refractivity contribution >= 4 is 21.9 Å². The van der Waals surface area contributed by atoms with Gasteiger partial charge in [-0.25, -0.2) is 4.39 Å². The lowest BCUT2D eigenvalue weighted by molar-refractivity contribution is -0.145. The Bertz CT molecular complexity index is 425. The predicted octanol–water partition coefficient (Wildman–Crippen LogP) is 2.83. The number of nitrogens with zero attached hydrogens (tertiary/aromatic N) is 1. The first-order valence-electron chi connectivity index (χ1n) is 5.64. The fourth-order valence-corrected chi connectivity index (χ4v) is 2.14. The Kier molecular flexibility index (Phi) is 5.75. The van der Waals surface area contributed by atoms with E-state index < -0.39 is 0 Å². The zero-order valence-corrected chi connectivity index (χ0v) is 12.3. The Morgan fingerprint density at radius 2 is 2.22 bits per heavy atom. The molecule has 0 spiro atoms. The third kappa shape index (κ3) is 4.38. The summed E-state index contributed by atoms with van der Waals surface area (Å²) in [5.41, 5.74) is 0.856. The molecule has 0 saturated heterocycles. The molecule has 0 heterocycles. The van der Waals surface area contributed by atoms with Gasteiger partial charge in [0, 0.05) is 17.6 Å². The Labute approximate surface area is 115 Å². The van der Waals surface area contributed by atoms with Gasteiger partial charge in [-0.3, -0.25) is 4.79 Å². The molecule has 0 saturated carbocycles. The predicted molar refractivity (Wildman–Crippen MR) is 71.6 cm³/mol. The van der Waals surface area contributed by atoms with Crippen LogP contribution in [0.5, 0.6) is 0 Å². The second kappa shape index (κ2) is 6.85. The number of halogens is 2. The molecule has 18 heavy (non-hydrogen) atoms. The summed E-state index contributed by atoms with van der Waals surface area (Å²) in [6.45, 7) is 2.94. The molecule has 1 aromatic carbocycles. The van der Waals surface area contributed by atoms with Gasteiger partial charge in [-0.05, 0) is 30.8 Å². The van der Waals surface area contributed by atoms with Gasteiger partial charge in [-0.15, -0.1) is 0 Å². The third-order valence-electron chi connectivity index (χ3n) is 2.64. The minimum Gasteiger partial charge on any atom is -0.469 e. The molecule has 0 radical (unpaired) electrons. The number of esters is 1. The topological polar surface area (TPSA) is 29.5 Å². The minimum atomic E-state index is -0.261. The first kappa shape index (κ1) is 15.1. The van der Waals surface area contributed by atoms with Crippen LogP contribution >= 0.6 is 15.9 Å². The van der Waals surface area contributed by atoms with Crippen molar-refractivity contribution in [2.45, 2.75) is 13.5 Å². The lowest BCUT2D eigenvalue weighted by Gasteiger charge is -2.20. The van der Waals surface area contributed by atoms with E-state index in [0.717, 1.165) is 10.0 Å². The van der Waals surface area contributed by atoms with Crippen molar-refractivity contribution in [1.82, 2.24) is 4.90 Å². The summed E-state index contributed by atoms with van der Waals surface area (Å²) in [6.07, 6.45) is 0. The molecule has 0 aliphatic rings. The summed E-state index contributed by atoms with van der Waals surface area (Å²) in [5.74, 6) is -0.699. The lowest BCUT2D eigenvalue weighted by Crippen LogP contribution is -2.29. The van der Waals surface area contributed by atoms with Gasteiger partial charge in [0.15, 0.2) is 0 Å². The number of ether oxygens (including phenoxy) is 1. The number of carbonyl (C=O) groups excluding carboxylic acids is 1. The van der Waals surface area contributed by atoms with E-state index in [9.17, 15) is 9.18 Å². The maximum Gasteiger partial charge on any atom is 0.309 e. The van der Waals surface area contributed by atoms with Gasteiger partial charge >= 0.3 is 5.97 Å². The van der Waals surface area contributed by atoms with Crippen LogP contribution in [0.3, 0.4) is 0 Å². The molecule has 3 nitrogen and oxygen atoms in total. The number of hydrogen-bond acceptors (Lipinski definition) is 3. The Hall–Kier alpha value is -0.940. The van der Waals surface area contributed by atoms with Crippen molar-refractivity contribution in [3.05, 3.63) is 34.1 Å². The van der Waals surface area contributed by atoms with Crippen LogP contribution in [0.2, 0.25) is 0 Å². The van der Waals surface area contributed by atoms with Crippen LogP contribution in [0.25, 0.3) is 0 Å². The van der Waals surface area contributed by atoms with E-state index in [-0.39, 0.29) is 17.7 Å². The summed E-state index contributed by atoms with van der Waals surface area (Å²) < 4.78 is 18.7. The van der Waals surface area contributed by atoms with E-state index in [2.05, 4.69) is 20.7 Å². The molecule has 1 rings (SSSR count). The number of carbonyl (C=O) groups is 1. The number of methoxy groups -OCH3 is 1. The van der Waals surface area contributed by atoms with E-state index in [1.54, 1.807) is 6.07 Å². The van der Waals surface area contributed by atoms with E-state index in [0.29, 0.717) is 13.1 Å². The van der Waals surface area contributed by atoms with Crippen LogP contribution < -0.4 is 0 Å². The summed E-state index contributed by atoms with van der Waals surface area (Å²) in [7, 11) is 3.26. The molecule has 1 atom stereocenters. The molecule has 0 aliphatic heterocycles. The van der Waals surface area contributed by atoms with E-state index in [1.165, 1.54) is 19.2 Å². The van der Waals surface area contributed by atoms with Gasteiger partial charge < -0.3 is 9.64 Å². The molecule has 0 aliphatic carbocycles. The summed E-state index contributed by atoms with van der Waals surface area (Å²) in [6, 6.07) is 4.58. The average Bonchev–Trinajstić information content (AvgIpc) is 2.32. The van der Waals surface area contributed by atoms with Crippen LogP contribution in [0.4, 0.5) is 4.39 Å². The van der Waals surface area contributed by atoms with Crippen LogP contribution in [0, 0.1) is 11.7 Å². The zero-order valence-electron chi connectivity index (χ0n) is 10.7. The van der Waals surface area contributed by atoms with Crippen LogP contribution in [0.15, 0.2) is 22.7 Å². The van der Waals surface area contributed by atoms with Crippen LogP contribution in [0.1, 0.15) is 12.5 Å². The van der Waals surface area contributed by atoms with Gasteiger partial charge in [-0.2, -0.15) is 0 Å².